The number of fused-ring (bicyclic) bond motifs is 1. The maximum absolute atomic E-state index is 13.9. The van der Waals surface area contributed by atoms with Gasteiger partial charge in [-0.3, -0.25) is 19.5 Å². The Morgan fingerprint density at radius 3 is 2.62 bits per heavy atom. The third-order valence-corrected chi connectivity index (χ3v) is 9.13. The first kappa shape index (κ1) is 29.5. The zero-order chi connectivity index (χ0) is 30.0. The number of ether oxygens (including phenoxy) is 2. The number of rotatable bonds is 8. The van der Waals surface area contributed by atoms with Gasteiger partial charge in [-0.05, 0) is 77.3 Å². The first-order valence-electron chi connectivity index (χ1n) is 12.8. The fraction of sp³-hybridized carbons (Fsp3) is 0.167. The fourth-order valence-corrected chi connectivity index (χ4v) is 7.11. The van der Waals surface area contributed by atoms with E-state index in [0.717, 1.165) is 16.2 Å². The first-order chi connectivity index (χ1) is 20.2. The zero-order valence-corrected chi connectivity index (χ0v) is 25.9. The van der Waals surface area contributed by atoms with Crippen molar-refractivity contribution in [3.05, 3.63) is 123 Å². The summed E-state index contributed by atoms with van der Waals surface area (Å²) in [6, 6.07) is 18.8. The standard InChI is InChI=1S/C30H24BrN3O6S2/c1-4-40-29(36)26-17(2)32-30-33(27(26)19-11-12-23(39-3)21(31)16-19)28(35)25(42-30)15-18-10-13-24(22(14-18)34(37)38)41-20-8-6-5-7-9-20/h5-16,27H,4H2,1-3H3/b25-15-/t27-/m0/s1. The molecule has 12 heteroatoms. The number of hydrogen-bond acceptors (Lipinski definition) is 9. The SMILES string of the molecule is CCOC(=O)C1=C(C)N=c2s/c(=C\c3ccc(Sc4ccccc4)c([N+](=O)[O-])c3)c(=O)n2[C@H]1c1ccc(OC)c(Br)c1. The molecule has 0 saturated heterocycles. The summed E-state index contributed by atoms with van der Waals surface area (Å²) in [5.41, 5.74) is 1.41. The predicted molar refractivity (Wildman–Crippen MR) is 165 cm³/mol. The molecule has 1 aliphatic heterocycles. The van der Waals surface area contributed by atoms with Gasteiger partial charge in [0.15, 0.2) is 4.80 Å². The molecule has 2 heterocycles. The largest absolute Gasteiger partial charge is 0.496 e. The molecule has 0 radical (unpaired) electrons. The smallest absolute Gasteiger partial charge is 0.338 e. The van der Waals surface area contributed by atoms with E-state index in [-0.39, 0.29) is 23.4 Å². The molecule has 5 rings (SSSR count). The highest BCUT2D eigenvalue weighted by Gasteiger charge is 2.33. The number of benzene rings is 3. The third kappa shape index (κ3) is 5.83. The van der Waals surface area contributed by atoms with E-state index in [1.807, 2.05) is 30.3 Å². The normalized spacial score (nSPS) is 14.8. The Labute approximate surface area is 257 Å². The number of allylic oxidation sites excluding steroid dienone is 1. The summed E-state index contributed by atoms with van der Waals surface area (Å²) in [7, 11) is 1.55. The van der Waals surface area contributed by atoms with Crippen LogP contribution in [0.15, 0.2) is 102 Å². The number of hydrogen-bond donors (Lipinski definition) is 0. The summed E-state index contributed by atoms with van der Waals surface area (Å²) in [5.74, 6) is 0.0344. The van der Waals surface area contributed by atoms with Crippen LogP contribution in [0.25, 0.3) is 6.08 Å². The fourth-order valence-electron chi connectivity index (χ4n) is 4.58. The zero-order valence-electron chi connectivity index (χ0n) is 22.7. The number of halogens is 1. The van der Waals surface area contributed by atoms with Crippen LogP contribution in [0.1, 0.15) is 31.0 Å². The second-order valence-corrected chi connectivity index (χ2v) is 12.1. The number of methoxy groups -OCH3 is 1. The molecule has 0 N–H and O–H groups in total. The summed E-state index contributed by atoms with van der Waals surface area (Å²) >= 11 is 5.95. The number of thiazole rings is 1. The minimum atomic E-state index is -0.802. The summed E-state index contributed by atoms with van der Waals surface area (Å²) in [6.07, 6.45) is 1.61. The molecule has 0 bridgehead atoms. The molecule has 4 aromatic rings. The second-order valence-electron chi connectivity index (χ2n) is 9.10. The van der Waals surface area contributed by atoms with Crippen LogP contribution in [0.2, 0.25) is 0 Å². The molecule has 9 nitrogen and oxygen atoms in total. The number of carbonyl (C=O) groups excluding carboxylic acids is 1. The molecule has 0 amide bonds. The van der Waals surface area contributed by atoms with Crippen LogP contribution in [0, 0.1) is 10.1 Å². The Morgan fingerprint density at radius 2 is 1.95 bits per heavy atom. The molecular weight excluding hydrogens is 642 g/mol. The van der Waals surface area contributed by atoms with Gasteiger partial charge in [-0.25, -0.2) is 9.79 Å². The predicted octanol–water partition coefficient (Wildman–Crippen LogP) is 5.63. The van der Waals surface area contributed by atoms with Gasteiger partial charge < -0.3 is 9.47 Å². The van der Waals surface area contributed by atoms with Crippen LogP contribution < -0.4 is 19.6 Å². The lowest BCUT2D eigenvalue weighted by molar-refractivity contribution is -0.387. The molecule has 1 aromatic heterocycles. The molecule has 0 unspecified atom stereocenters. The van der Waals surface area contributed by atoms with E-state index in [4.69, 9.17) is 9.47 Å². The monoisotopic (exact) mass is 665 g/mol. The van der Waals surface area contributed by atoms with Gasteiger partial charge in [0, 0.05) is 11.0 Å². The van der Waals surface area contributed by atoms with E-state index >= 15 is 0 Å². The molecule has 0 spiro atoms. The van der Waals surface area contributed by atoms with Gasteiger partial charge in [-0.15, -0.1) is 0 Å². The highest BCUT2D eigenvalue weighted by atomic mass is 79.9. The van der Waals surface area contributed by atoms with Crippen molar-refractivity contribution in [2.24, 2.45) is 4.99 Å². The van der Waals surface area contributed by atoms with Crippen molar-refractivity contribution in [1.29, 1.82) is 0 Å². The Morgan fingerprint density at radius 1 is 1.19 bits per heavy atom. The van der Waals surface area contributed by atoms with Crippen molar-refractivity contribution in [1.82, 2.24) is 4.57 Å². The Balaban J connectivity index is 1.64. The van der Waals surface area contributed by atoms with Crippen LogP contribution in [-0.4, -0.2) is 29.2 Å². The number of nitro benzene ring substituents is 1. The van der Waals surface area contributed by atoms with E-state index in [9.17, 15) is 19.7 Å². The van der Waals surface area contributed by atoms with Crippen molar-refractivity contribution in [3.63, 3.8) is 0 Å². The summed E-state index contributed by atoms with van der Waals surface area (Å²) in [4.78, 5) is 44.9. The molecule has 3 aromatic carbocycles. The maximum Gasteiger partial charge on any atom is 0.338 e. The summed E-state index contributed by atoms with van der Waals surface area (Å²) in [6.45, 7) is 3.59. The third-order valence-electron chi connectivity index (χ3n) is 6.46. The summed E-state index contributed by atoms with van der Waals surface area (Å²) in [5, 5.41) is 11.9. The van der Waals surface area contributed by atoms with E-state index in [2.05, 4.69) is 20.9 Å². The molecule has 42 heavy (non-hydrogen) atoms. The number of nitro groups is 1. The highest BCUT2D eigenvalue weighted by molar-refractivity contribution is 9.10. The van der Waals surface area contributed by atoms with Crippen LogP contribution >= 0.6 is 39.0 Å². The number of aromatic nitrogens is 1. The first-order valence-corrected chi connectivity index (χ1v) is 15.2. The Hall–Kier alpha value is -4.00. The molecule has 0 saturated carbocycles. The molecule has 0 aliphatic carbocycles. The van der Waals surface area contributed by atoms with Crippen LogP contribution in [0.3, 0.4) is 0 Å². The highest BCUT2D eigenvalue weighted by Crippen LogP contribution is 2.36. The molecule has 214 valence electrons. The van der Waals surface area contributed by atoms with Gasteiger partial charge in [-0.1, -0.05) is 53.4 Å². The molecule has 1 atom stereocenters. The van der Waals surface area contributed by atoms with Gasteiger partial charge >= 0.3 is 5.97 Å². The Bertz CT molecular complexity index is 1920. The topological polar surface area (TPSA) is 113 Å². The lowest BCUT2D eigenvalue weighted by Gasteiger charge is -2.25. The molecular formula is C30H24BrN3O6S2. The number of nitrogens with zero attached hydrogens (tertiary/aromatic N) is 3. The maximum atomic E-state index is 13.9. The van der Waals surface area contributed by atoms with E-state index in [0.29, 0.717) is 41.3 Å². The summed E-state index contributed by atoms with van der Waals surface area (Å²) < 4.78 is 13.2. The van der Waals surface area contributed by atoms with Crippen LogP contribution in [0.4, 0.5) is 5.69 Å². The average molecular weight is 667 g/mol. The molecule has 1 aliphatic rings. The van der Waals surface area contributed by atoms with E-state index < -0.39 is 16.9 Å². The van der Waals surface area contributed by atoms with Crippen molar-refractivity contribution in [2.75, 3.05) is 13.7 Å². The van der Waals surface area contributed by atoms with Gasteiger partial charge in [-0.2, -0.15) is 0 Å². The second kappa shape index (κ2) is 12.5. The van der Waals surface area contributed by atoms with Crippen LogP contribution in [0.5, 0.6) is 5.75 Å². The number of carbonyl (C=O) groups is 1. The van der Waals surface area contributed by atoms with Gasteiger partial charge in [0.25, 0.3) is 11.2 Å². The lowest BCUT2D eigenvalue weighted by Crippen LogP contribution is -2.40. The van der Waals surface area contributed by atoms with Gasteiger partial charge in [0.05, 0.1) is 49.9 Å². The van der Waals surface area contributed by atoms with Crippen molar-refractivity contribution in [3.8, 4) is 5.75 Å². The Kier molecular flexibility index (Phi) is 8.76. The van der Waals surface area contributed by atoms with Crippen molar-refractivity contribution < 1.29 is 19.2 Å². The molecule has 0 fully saturated rings. The van der Waals surface area contributed by atoms with E-state index in [1.165, 1.54) is 22.4 Å². The van der Waals surface area contributed by atoms with Crippen molar-refractivity contribution >= 4 is 56.8 Å². The number of esters is 1. The minimum Gasteiger partial charge on any atom is -0.496 e. The van der Waals surface area contributed by atoms with Gasteiger partial charge in [0.2, 0.25) is 0 Å². The lowest BCUT2D eigenvalue weighted by atomic mass is 9.96. The van der Waals surface area contributed by atoms with E-state index in [1.54, 1.807) is 57.4 Å². The van der Waals surface area contributed by atoms with Crippen LogP contribution in [-0.2, 0) is 9.53 Å². The minimum absolute atomic E-state index is 0.0632. The van der Waals surface area contributed by atoms with Gasteiger partial charge in [0.1, 0.15) is 5.75 Å². The average Bonchev–Trinajstić information content (AvgIpc) is 3.27. The van der Waals surface area contributed by atoms with Crippen molar-refractivity contribution in [2.45, 2.75) is 29.7 Å². The quantitative estimate of drug-likeness (QED) is 0.136.